The zero-order valence-corrected chi connectivity index (χ0v) is 4.63. The van der Waals surface area contributed by atoms with Gasteiger partial charge >= 0.3 is 0 Å². The predicted molar refractivity (Wildman–Crippen MR) is 28.7 cm³/mol. The van der Waals surface area contributed by atoms with E-state index < -0.39 is 0 Å². The highest BCUT2D eigenvalue weighted by Crippen LogP contribution is 1.80. The van der Waals surface area contributed by atoms with E-state index in [9.17, 15) is 0 Å². The molecule has 40 valence electrons. The molecule has 0 aromatic rings. The molecular weight excluding hydrogens is 90.1 g/mol. The molecule has 0 spiro atoms. The van der Waals surface area contributed by atoms with Crippen LogP contribution in [0, 0.1) is 0 Å². The Hall–Kier alpha value is -0.860. The second kappa shape index (κ2) is 3.33. The standard InChI is InChI=1S/C4H9N3/c1-4-7(3)6-5-2/h4H,1H2,2-3H3. The summed E-state index contributed by atoms with van der Waals surface area (Å²) < 4.78 is 0. The highest BCUT2D eigenvalue weighted by molar-refractivity contribution is 4.59. The molecule has 0 atom stereocenters. The smallest absolute Gasteiger partial charge is 0.0509 e. The third-order valence-electron chi connectivity index (χ3n) is 0.495. The quantitative estimate of drug-likeness (QED) is 0.375. The molecule has 0 saturated carbocycles. The van der Waals surface area contributed by atoms with Gasteiger partial charge in [0, 0.05) is 13.2 Å². The van der Waals surface area contributed by atoms with Crippen molar-refractivity contribution in [3.63, 3.8) is 0 Å². The Labute approximate surface area is 43.3 Å². The van der Waals surface area contributed by atoms with Gasteiger partial charge in [0.2, 0.25) is 0 Å². The molecule has 0 unspecified atom stereocenters. The molecule has 0 N–H and O–H groups in total. The van der Waals surface area contributed by atoms with Crippen molar-refractivity contribution in [2.75, 3.05) is 14.1 Å². The monoisotopic (exact) mass is 99.1 g/mol. The zero-order chi connectivity index (χ0) is 5.70. The Morgan fingerprint density at radius 2 is 2.29 bits per heavy atom. The van der Waals surface area contributed by atoms with Gasteiger partial charge in [-0.2, -0.15) is 5.11 Å². The first-order chi connectivity index (χ1) is 3.31. The molecule has 7 heavy (non-hydrogen) atoms. The Morgan fingerprint density at radius 1 is 1.71 bits per heavy atom. The molecular formula is C4H9N3. The van der Waals surface area contributed by atoms with E-state index in [1.807, 2.05) is 0 Å². The van der Waals surface area contributed by atoms with Gasteiger partial charge in [-0.3, -0.25) is 5.01 Å². The molecule has 0 saturated heterocycles. The van der Waals surface area contributed by atoms with E-state index in [-0.39, 0.29) is 0 Å². The summed E-state index contributed by atoms with van der Waals surface area (Å²) >= 11 is 0. The van der Waals surface area contributed by atoms with E-state index in [2.05, 4.69) is 16.9 Å². The molecule has 3 heteroatoms. The van der Waals surface area contributed by atoms with Crippen LogP contribution in [0.3, 0.4) is 0 Å². The Balaban J connectivity index is 3.35. The van der Waals surface area contributed by atoms with Crippen LogP contribution in [0.15, 0.2) is 23.1 Å². The Kier molecular flexibility index (Phi) is 2.92. The normalized spacial score (nSPS) is 9.43. The molecule has 0 aromatic carbocycles. The first-order valence-electron chi connectivity index (χ1n) is 1.96. The van der Waals surface area contributed by atoms with Crippen molar-refractivity contribution >= 4 is 0 Å². The van der Waals surface area contributed by atoms with Gasteiger partial charge in [0.15, 0.2) is 0 Å². The topological polar surface area (TPSA) is 28.0 Å². The van der Waals surface area contributed by atoms with Crippen molar-refractivity contribution in [2.24, 2.45) is 10.3 Å². The summed E-state index contributed by atoms with van der Waals surface area (Å²) in [6.07, 6.45) is 1.58. The Bertz CT molecular complexity index is 77.0. The third kappa shape index (κ3) is 2.96. The summed E-state index contributed by atoms with van der Waals surface area (Å²) in [7, 11) is 3.38. The van der Waals surface area contributed by atoms with Gasteiger partial charge in [-0.05, 0) is 0 Å². The van der Waals surface area contributed by atoms with Crippen LogP contribution in [-0.4, -0.2) is 19.1 Å². The van der Waals surface area contributed by atoms with Crippen molar-refractivity contribution in [3.05, 3.63) is 12.8 Å². The molecule has 0 aliphatic carbocycles. The summed E-state index contributed by atoms with van der Waals surface area (Å²) in [5, 5.41) is 8.60. The average Bonchev–Trinajstić information content (AvgIpc) is 1.68. The number of nitrogens with zero attached hydrogens (tertiary/aromatic N) is 3. The molecule has 0 aromatic heterocycles. The largest absolute Gasteiger partial charge is 0.258 e. The highest BCUT2D eigenvalue weighted by atomic mass is 15.5. The van der Waals surface area contributed by atoms with Crippen LogP contribution in [0.1, 0.15) is 0 Å². The van der Waals surface area contributed by atoms with E-state index >= 15 is 0 Å². The van der Waals surface area contributed by atoms with E-state index in [4.69, 9.17) is 0 Å². The van der Waals surface area contributed by atoms with E-state index in [0.29, 0.717) is 0 Å². The lowest BCUT2D eigenvalue weighted by Crippen LogP contribution is -1.96. The maximum atomic E-state index is 3.58. The Morgan fingerprint density at radius 3 is 2.43 bits per heavy atom. The first kappa shape index (κ1) is 6.14. The maximum Gasteiger partial charge on any atom is 0.0509 e. The van der Waals surface area contributed by atoms with Gasteiger partial charge in [0.05, 0.1) is 7.05 Å². The minimum Gasteiger partial charge on any atom is -0.258 e. The van der Waals surface area contributed by atoms with Crippen LogP contribution < -0.4 is 0 Å². The molecule has 0 heterocycles. The second-order valence-electron chi connectivity index (χ2n) is 1.05. The van der Waals surface area contributed by atoms with Crippen LogP contribution in [0.25, 0.3) is 0 Å². The summed E-state index contributed by atoms with van der Waals surface area (Å²) in [6.45, 7) is 3.45. The zero-order valence-electron chi connectivity index (χ0n) is 4.63. The number of hydrogen-bond acceptors (Lipinski definition) is 2. The second-order valence-corrected chi connectivity index (χ2v) is 1.05. The van der Waals surface area contributed by atoms with Gasteiger partial charge in [-0.25, -0.2) is 0 Å². The van der Waals surface area contributed by atoms with Crippen molar-refractivity contribution in [1.29, 1.82) is 0 Å². The highest BCUT2D eigenvalue weighted by Gasteiger charge is 1.73. The van der Waals surface area contributed by atoms with Crippen LogP contribution in [-0.2, 0) is 0 Å². The van der Waals surface area contributed by atoms with Crippen molar-refractivity contribution in [2.45, 2.75) is 0 Å². The van der Waals surface area contributed by atoms with E-state index in [1.54, 1.807) is 20.3 Å². The fraction of sp³-hybridized carbons (Fsp3) is 0.500. The molecule has 0 aliphatic heterocycles. The minimum atomic E-state index is 1.53. The summed E-state index contributed by atoms with van der Waals surface area (Å²) in [5.41, 5.74) is 0. The molecule has 0 radical (unpaired) electrons. The molecule has 0 aliphatic rings. The molecule has 0 bridgehead atoms. The lowest BCUT2D eigenvalue weighted by Gasteiger charge is -1.98. The maximum absolute atomic E-state index is 3.58. The SMILES string of the molecule is C=CN(C)N=NC. The summed E-state index contributed by atoms with van der Waals surface area (Å²) in [6, 6.07) is 0. The van der Waals surface area contributed by atoms with Crippen LogP contribution in [0.4, 0.5) is 0 Å². The van der Waals surface area contributed by atoms with Crippen molar-refractivity contribution in [3.8, 4) is 0 Å². The lowest BCUT2D eigenvalue weighted by atomic mass is 11.0. The number of hydrogen-bond donors (Lipinski definition) is 0. The minimum absolute atomic E-state index is 1.53. The summed E-state index contributed by atoms with van der Waals surface area (Å²) in [4.78, 5) is 0. The van der Waals surface area contributed by atoms with Crippen LogP contribution in [0.5, 0.6) is 0 Å². The van der Waals surface area contributed by atoms with Crippen LogP contribution >= 0.6 is 0 Å². The van der Waals surface area contributed by atoms with Gasteiger partial charge in [0.1, 0.15) is 0 Å². The molecule has 0 amide bonds. The molecule has 0 fully saturated rings. The van der Waals surface area contributed by atoms with Crippen molar-refractivity contribution < 1.29 is 0 Å². The van der Waals surface area contributed by atoms with Crippen LogP contribution in [0.2, 0.25) is 0 Å². The van der Waals surface area contributed by atoms with Gasteiger partial charge < -0.3 is 0 Å². The fourth-order valence-electron chi connectivity index (χ4n) is 0.178. The van der Waals surface area contributed by atoms with Gasteiger partial charge in [0.25, 0.3) is 0 Å². The predicted octanol–water partition coefficient (Wildman–Crippen LogP) is 1.06. The first-order valence-corrected chi connectivity index (χ1v) is 1.96. The van der Waals surface area contributed by atoms with E-state index in [0.717, 1.165) is 0 Å². The van der Waals surface area contributed by atoms with Gasteiger partial charge in [-0.15, -0.1) is 0 Å². The lowest BCUT2D eigenvalue weighted by molar-refractivity contribution is 0.454. The molecule has 3 nitrogen and oxygen atoms in total. The van der Waals surface area contributed by atoms with Crippen molar-refractivity contribution in [1.82, 2.24) is 5.01 Å². The fourth-order valence-corrected chi connectivity index (χ4v) is 0.178. The third-order valence-corrected chi connectivity index (χ3v) is 0.495. The summed E-state index contributed by atoms with van der Waals surface area (Å²) in [5.74, 6) is 0. The number of rotatable bonds is 2. The average molecular weight is 99.1 g/mol. The van der Waals surface area contributed by atoms with E-state index in [1.165, 1.54) is 5.01 Å². The van der Waals surface area contributed by atoms with Gasteiger partial charge in [-0.1, -0.05) is 11.8 Å². The molecule has 0 rings (SSSR count).